The quantitative estimate of drug-likeness (QED) is 0.829. The normalized spacial score (nSPS) is 34.0. The number of carbonyl (C=O) groups is 1. The van der Waals surface area contributed by atoms with E-state index in [1.165, 1.54) is 11.8 Å². The van der Waals surface area contributed by atoms with E-state index >= 15 is 0 Å². The molecule has 3 atom stereocenters. The summed E-state index contributed by atoms with van der Waals surface area (Å²) >= 11 is 1.52. The summed E-state index contributed by atoms with van der Waals surface area (Å²) < 4.78 is 5.80. The van der Waals surface area contributed by atoms with Crippen LogP contribution in [0.2, 0.25) is 0 Å². The number of thioether (sulfide) groups is 1. The van der Waals surface area contributed by atoms with Crippen molar-refractivity contribution in [3.05, 3.63) is 24.3 Å². The zero-order chi connectivity index (χ0) is 14.8. The summed E-state index contributed by atoms with van der Waals surface area (Å²) in [5, 5.41) is 0.596. The minimum atomic E-state index is -0.0284. The van der Waals surface area contributed by atoms with E-state index in [0.29, 0.717) is 11.0 Å². The van der Waals surface area contributed by atoms with Crippen LogP contribution in [0.4, 0.5) is 0 Å². The highest BCUT2D eigenvalue weighted by Crippen LogP contribution is 2.67. The average Bonchev–Trinajstić information content (AvgIpc) is 2.98. The summed E-state index contributed by atoms with van der Waals surface area (Å²) in [6.07, 6.45) is 2.15. The number of fused-ring (bicyclic) bond motifs is 3. The van der Waals surface area contributed by atoms with Crippen LogP contribution in [0.25, 0.3) is 11.1 Å². The van der Waals surface area contributed by atoms with Crippen molar-refractivity contribution >= 4 is 28.6 Å². The highest BCUT2D eigenvalue weighted by molar-refractivity contribution is 8.00. The summed E-state index contributed by atoms with van der Waals surface area (Å²) in [4.78, 5) is 17.2. The molecule has 0 amide bonds. The van der Waals surface area contributed by atoms with Crippen molar-refractivity contribution < 1.29 is 9.21 Å². The van der Waals surface area contributed by atoms with Crippen molar-refractivity contribution in [1.82, 2.24) is 4.98 Å². The smallest absolute Gasteiger partial charge is 0.257 e. The Morgan fingerprint density at radius 3 is 2.71 bits per heavy atom. The zero-order valence-electron chi connectivity index (χ0n) is 12.6. The first kappa shape index (κ1) is 13.4. The number of hydrogen-bond acceptors (Lipinski definition) is 4. The Bertz CT molecular complexity index is 702. The molecule has 2 aliphatic rings. The van der Waals surface area contributed by atoms with Crippen molar-refractivity contribution in [3.8, 4) is 0 Å². The van der Waals surface area contributed by atoms with E-state index in [4.69, 9.17) is 4.42 Å². The molecule has 4 rings (SSSR count). The van der Waals surface area contributed by atoms with Crippen LogP contribution in [0.1, 0.15) is 33.6 Å². The van der Waals surface area contributed by atoms with Gasteiger partial charge in [0.1, 0.15) is 5.52 Å². The van der Waals surface area contributed by atoms with Gasteiger partial charge < -0.3 is 4.42 Å². The summed E-state index contributed by atoms with van der Waals surface area (Å²) in [6, 6.07) is 7.75. The fourth-order valence-electron chi connectivity index (χ4n) is 4.18. The highest BCUT2D eigenvalue weighted by Gasteiger charge is 2.66. The van der Waals surface area contributed by atoms with E-state index in [1.807, 2.05) is 24.3 Å². The molecule has 21 heavy (non-hydrogen) atoms. The molecule has 0 aliphatic heterocycles. The Balaban J connectivity index is 1.70. The van der Waals surface area contributed by atoms with E-state index in [2.05, 4.69) is 25.8 Å². The second-order valence-corrected chi connectivity index (χ2v) is 8.13. The number of aromatic nitrogens is 1. The van der Waals surface area contributed by atoms with Gasteiger partial charge in [0.05, 0.1) is 5.25 Å². The van der Waals surface area contributed by atoms with Gasteiger partial charge >= 0.3 is 0 Å². The fourth-order valence-corrected chi connectivity index (χ4v) is 5.63. The van der Waals surface area contributed by atoms with Crippen molar-refractivity contribution in [1.29, 1.82) is 0 Å². The van der Waals surface area contributed by atoms with Gasteiger partial charge in [0.2, 0.25) is 0 Å². The molecule has 2 bridgehead atoms. The van der Waals surface area contributed by atoms with Gasteiger partial charge in [0.25, 0.3) is 5.22 Å². The molecule has 0 N–H and O–H groups in total. The molecule has 1 aromatic carbocycles. The molecule has 3 nitrogen and oxygen atoms in total. The third-order valence-electron chi connectivity index (χ3n) is 5.97. The first-order valence-corrected chi connectivity index (χ1v) is 8.37. The number of benzene rings is 1. The molecule has 0 spiro atoms. The molecule has 2 saturated carbocycles. The number of Topliss-reactive ketones (excluding diaryl/α,β-unsaturated/α-hetero) is 1. The molecule has 2 fully saturated rings. The number of ketones is 1. The van der Waals surface area contributed by atoms with Crippen LogP contribution in [-0.4, -0.2) is 16.0 Å². The molecule has 4 heteroatoms. The number of carbonyl (C=O) groups excluding carboxylic acids is 1. The largest absolute Gasteiger partial charge is 0.431 e. The first-order valence-electron chi connectivity index (χ1n) is 7.49. The molecule has 1 heterocycles. The van der Waals surface area contributed by atoms with Crippen LogP contribution in [-0.2, 0) is 4.79 Å². The zero-order valence-corrected chi connectivity index (χ0v) is 13.4. The summed E-state index contributed by atoms with van der Waals surface area (Å²) in [5.74, 6) is 0.588. The van der Waals surface area contributed by atoms with Gasteiger partial charge in [-0.25, -0.2) is 4.98 Å². The fraction of sp³-hybridized carbons (Fsp3) is 0.529. The minimum Gasteiger partial charge on any atom is -0.431 e. The lowest BCUT2D eigenvalue weighted by Gasteiger charge is -2.37. The lowest BCUT2D eigenvalue weighted by atomic mass is 9.71. The molecule has 2 aromatic rings. The Hall–Kier alpha value is -1.29. The van der Waals surface area contributed by atoms with Gasteiger partial charge in [-0.1, -0.05) is 44.7 Å². The maximum Gasteiger partial charge on any atom is 0.257 e. The third-order valence-corrected chi connectivity index (χ3v) is 7.33. The van der Waals surface area contributed by atoms with Crippen LogP contribution < -0.4 is 0 Å². The number of rotatable bonds is 2. The van der Waals surface area contributed by atoms with Crippen molar-refractivity contribution in [2.45, 2.75) is 44.1 Å². The Labute approximate surface area is 128 Å². The topological polar surface area (TPSA) is 43.1 Å². The number of nitrogens with zero attached hydrogens (tertiary/aromatic N) is 1. The van der Waals surface area contributed by atoms with Crippen LogP contribution in [0.3, 0.4) is 0 Å². The van der Waals surface area contributed by atoms with Gasteiger partial charge in [-0.05, 0) is 35.8 Å². The van der Waals surface area contributed by atoms with Crippen LogP contribution in [0.5, 0.6) is 0 Å². The molecular weight excluding hydrogens is 282 g/mol. The second kappa shape index (κ2) is 4.13. The first-order chi connectivity index (χ1) is 9.93. The van der Waals surface area contributed by atoms with E-state index in [9.17, 15) is 4.79 Å². The van der Waals surface area contributed by atoms with E-state index in [0.717, 1.165) is 23.9 Å². The molecule has 110 valence electrons. The third kappa shape index (κ3) is 1.62. The average molecular weight is 301 g/mol. The van der Waals surface area contributed by atoms with Crippen molar-refractivity contribution in [3.63, 3.8) is 0 Å². The van der Waals surface area contributed by atoms with Gasteiger partial charge in [0.15, 0.2) is 11.4 Å². The standard InChI is InChI=1S/C17H19NO2S/c1-16(2)10-8-9-17(16,3)14(13(10)19)21-15-18-11-6-4-5-7-12(11)20-15/h4-7,10,14H,8-9H2,1-3H3/t10-,14-,17-/m1/s1. The monoisotopic (exact) mass is 301 g/mol. The second-order valence-electron chi connectivity index (χ2n) is 7.08. The Morgan fingerprint density at radius 1 is 1.29 bits per heavy atom. The Morgan fingerprint density at radius 2 is 2.05 bits per heavy atom. The molecule has 0 saturated heterocycles. The molecule has 1 aromatic heterocycles. The SMILES string of the molecule is CC1(C)[C@@H]2CC[C@]1(C)[C@H](Sc1nc3ccccc3o1)C2=O. The minimum absolute atomic E-state index is 0.0284. The molecular formula is C17H19NO2S. The van der Waals surface area contributed by atoms with E-state index in [1.54, 1.807) is 0 Å². The maximum absolute atomic E-state index is 12.7. The number of hydrogen-bond donors (Lipinski definition) is 0. The summed E-state index contributed by atoms with van der Waals surface area (Å²) in [5.41, 5.74) is 1.77. The lowest BCUT2D eigenvalue weighted by molar-refractivity contribution is -0.122. The summed E-state index contributed by atoms with van der Waals surface area (Å²) in [7, 11) is 0. The number of para-hydroxylation sites is 2. The highest BCUT2D eigenvalue weighted by atomic mass is 32.2. The Kier molecular flexibility index (Phi) is 2.63. The van der Waals surface area contributed by atoms with Crippen molar-refractivity contribution in [2.75, 3.05) is 0 Å². The molecule has 0 radical (unpaired) electrons. The van der Waals surface area contributed by atoms with Gasteiger partial charge in [-0.15, -0.1) is 0 Å². The number of oxazole rings is 1. The van der Waals surface area contributed by atoms with Gasteiger partial charge in [0, 0.05) is 5.92 Å². The van der Waals surface area contributed by atoms with Gasteiger partial charge in [-0.3, -0.25) is 4.79 Å². The predicted molar refractivity (Wildman–Crippen MR) is 83.3 cm³/mol. The molecule has 2 aliphatic carbocycles. The van der Waals surface area contributed by atoms with Crippen molar-refractivity contribution in [2.24, 2.45) is 16.7 Å². The van der Waals surface area contributed by atoms with Crippen LogP contribution in [0, 0.1) is 16.7 Å². The van der Waals surface area contributed by atoms with Crippen LogP contribution in [0.15, 0.2) is 33.9 Å². The van der Waals surface area contributed by atoms with Gasteiger partial charge in [-0.2, -0.15) is 0 Å². The molecule has 0 unspecified atom stereocenters. The maximum atomic E-state index is 12.7. The van der Waals surface area contributed by atoms with Crippen LogP contribution >= 0.6 is 11.8 Å². The van der Waals surface area contributed by atoms with E-state index in [-0.39, 0.29) is 22.0 Å². The predicted octanol–water partition coefficient (Wildman–Crippen LogP) is 4.31. The lowest BCUT2D eigenvalue weighted by Crippen LogP contribution is -2.35. The summed E-state index contributed by atoms with van der Waals surface area (Å²) in [6.45, 7) is 6.75. The van der Waals surface area contributed by atoms with E-state index < -0.39 is 0 Å².